The van der Waals surface area contributed by atoms with E-state index < -0.39 is 0 Å². The Kier molecular flexibility index (Phi) is 8.32. The summed E-state index contributed by atoms with van der Waals surface area (Å²) >= 11 is 0. The molecule has 0 fully saturated rings. The van der Waals surface area contributed by atoms with Gasteiger partial charge in [0.2, 0.25) is 0 Å². The lowest BCUT2D eigenvalue weighted by Crippen LogP contribution is -2.17. The topological polar surface area (TPSA) is 19.6 Å². The number of hydrogen-bond acceptors (Lipinski definition) is 3. The van der Waals surface area contributed by atoms with E-state index in [1.807, 2.05) is 0 Å². The van der Waals surface area contributed by atoms with Crippen LogP contribution in [0.1, 0.15) is 36.1 Å². The predicted molar refractivity (Wildman–Crippen MR) is 272 cm³/mol. The first-order valence-corrected chi connectivity index (χ1v) is 22.6. The Balaban J connectivity index is 1.10. The van der Waals surface area contributed by atoms with Gasteiger partial charge in [-0.05, 0) is 134 Å². The van der Waals surface area contributed by atoms with E-state index in [-0.39, 0.29) is 5.41 Å². The lowest BCUT2D eigenvalue weighted by molar-refractivity contribution is 0.660. The summed E-state index contributed by atoms with van der Waals surface area (Å²) in [7, 11) is 0. The van der Waals surface area contributed by atoms with Crippen molar-refractivity contribution in [2.75, 3.05) is 9.80 Å². The van der Waals surface area contributed by atoms with Gasteiger partial charge in [0, 0.05) is 56.4 Å². The van der Waals surface area contributed by atoms with Crippen molar-refractivity contribution in [3.63, 3.8) is 0 Å². The van der Waals surface area contributed by atoms with Gasteiger partial charge in [-0.15, -0.1) is 0 Å². The van der Waals surface area contributed by atoms with Crippen LogP contribution in [0.25, 0.3) is 66.1 Å². The summed E-state index contributed by atoms with van der Waals surface area (Å²) in [5.74, 6) is 0. The monoisotopic (exact) mass is 832 g/mol. The Morgan fingerprint density at radius 3 is 1.83 bits per heavy atom. The smallest absolute Gasteiger partial charge is 0.143 e. The van der Waals surface area contributed by atoms with Crippen LogP contribution in [0.5, 0.6) is 0 Å². The highest BCUT2D eigenvalue weighted by molar-refractivity contribution is 6.20. The van der Waals surface area contributed by atoms with Gasteiger partial charge in [0.05, 0.1) is 5.69 Å². The number of hydrogen-bond donors (Lipinski definition) is 0. The van der Waals surface area contributed by atoms with E-state index in [2.05, 4.69) is 242 Å². The molecular weight excluding hydrogens is 789 g/mol. The van der Waals surface area contributed by atoms with Crippen molar-refractivity contribution in [3.8, 4) is 33.4 Å². The number of rotatable bonds is 7. The summed E-state index contributed by atoms with van der Waals surface area (Å²) in [5.41, 5.74) is 21.1. The van der Waals surface area contributed by atoms with Crippen LogP contribution in [0.3, 0.4) is 0 Å². The standard InChI is InChI=1S/C62H44N2O/c1-62(2)55-24-14-12-22-49(55)50-35-33-47(38-56(50)62)64(45-20-10-5-11-21-45)57-39-48(63(44-18-8-4-9-19-44)46-31-28-41(29-32-46)40-16-6-3-7-17-40)37-54-53(57)36-43-27-26-42-30-34-52-51-23-13-15-25-58(51)65-61(52)60(42)59(43)54/h3-35,37-39H,36H2,1-2H3. The van der Waals surface area contributed by atoms with Crippen LogP contribution in [-0.4, -0.2) is 0 Å². The fourth-order valence-corrected chi connectivity index (χ4v) is 11.0. The lowest BCUT2D eigenvalue weighted by Gasteiger charge is -2.32. The average Bonchev–Trinajstić information content (AvgIpc) is 4.01. The third-order valence-electron chi connectivity index (χ3n) is 14.0. The van der Waals surface area contributed by atoms with Crippen LogP contribution in [0.2, 0.25) is 0 Å². The summed E-state index contributed by atoms with van der Waals surface area (Å²) in [5, 5.41) is 4.62. The Morgan fingerprint density at radius 2 is 1.05 bits per heavy atom. The van der Waals surface area contributed by atoms with Crippen molar-refractivity contribution >= 4 is 66.8 Å². The van der Waals surface area contributed by atoms with Gasteiger partial charge >= 0.3 is 0 Å². The predicted octanol–water partition coefficient (Wildman–Crippen LogP) is 17.2. The van der Waals surface area contributed by atoms with Crippen molar-refractivity contribution in [2.24, 2.45) is 0 Å². The van der Waals surface area contributed by atoms with E-state index in [1.54, 1.807) is 0 Å². The molecule has 1 aromatic heterocycles. The molecule has 0 bridgehead atoms. The van der Waals surface area contributed by atoms with Gasteiger partial charge in [0.1, 0.15) is 11.2 Å². The summed E-state index contributed by atoms with van der Waals surface area (Å²) in [4.78, 5) is 4.93. The van der Waals surface area contributed by atoms with E-state index in [0.717, 1.165) is 62.5 Å². The second-order valence-electron chi connectivity index (χ2n) is 18.1. The third kappa shape index (κ3) is 5.82. The van der Waals surface area contributed by atoms with E-state index in [4.69, 9.17) is 4.42 Å². The maximum atomic E-state index is 6.85. The molecular formula is C62H44N2O. The van der Waals surface area contributed by atoms with Crippen LogP contribution in [0.4, 0.5) is 34.1 Å². The number of nitrogens with zero attached hydrogens (tertiary/aromatic N) is 2. The van der Waals surface area contributed by atoms with Crippen LogP contribution in [0.15, 0.2) is 223 Å². The molecule has 0 N–H and O–H groups in total. The zero-order valence-corrected chi connectivity index (χ0v) is 36.3. The Bertz CT molecular complexity index is 3640. The molecule has 0 saturated carbocycles. The first-order valence-electron chi connectivity index (χ1n) is 22.6. The molecule has 0 atom stereocenters. The highest BCUT2D eigenvalue weighted by atomic mass is 16.3. The molecule has 10 aromatic carbocycles. The Morgan fingerprint density at radius 1 is 0.431 bits per heavy atom. The van der Waals surface area contributed by atoms with E-state index in [9.17, 15) is 0 Å². The fourth-order valence-electron chi connectivity index (χ4n) is 11.0. The molecule has 0 amide bonds. The third-order valence-corrected chi connectivity index (χ3v) is 14.0. The zero-order chi connectivity index (χ0) is 43.2. The summed E-state index contributed by atoms with van der Waals surface area (Å²) in [6.07, 6.45) is 0.787. The van der Waals surface area contributed by atoms with Gasteiger partial charge in [-0.2, -0.15) is 0 Å². The number of furan rings is 1. The molecule has 308 valence electrons. The first-order chi connectivity index (χ1) is 32.0. The van der Waals surface area contributed by atoms with Gasteiger partial charge in [-0.25, -0.2) is 0 Å². The fraction of sp³-hybridized carbons (Fsp3) is 0.0645. The van der Waals surface area contributed by atoms with Crippen LogP contribution < -0.4 is 9.80 Å². The molecule has 0 saturated heterocycles. The molecule has 3 heteroatoms. The molecule has 0 radical (unpaired) electrons. The van der Waals surface area contributed by atoms with Crippen molar-refractivity contribution in [3.05, 3.63) is 241 Å². The second-order valence-corrected chi connectivity index (χ2v) is 18.1. The Hall–Kier alpha value is -8.14. The minimum absolute atomic E-state index is 0.156. The first kappa shape index (κ1) is 37.4. The minimum atomic E-state index is -0.156. The molecule has 11 aromatic rings. The minimum Gasteiger partial charge on any atom is -0.455 e. The lowest BCUT2D eigenvalue weighted by atomic mass is 9.82. The Labute approximate surface area is 379 Å². The number of para-hydroxylation sites is 3. The molecule has 65 heavy (non-hydrogen) atoms. The normalized spacial score (nSPS) is 13.1. The van der Waals surface area contributed by atoms with Crippen molar-refractivity contribution in [2.45, 2.75) is 25.7 Å². The molecule has 0 unspecified atom stereocenters. The largest absolute Gasteiger partial charge is 0.455 e. The quantitative estimate of drug-likeness (QED) is 0.159. The summed E-state index contributed by atoms with van der Waals surface area (Å²) < 4.78 is 6.85. The average molecular weight is 833 g/mol. The van der Waals surface area contributed by atoms with Crippen molar-refractivity contribution < 1.29 is 4.42 Å². The van der Waals surface area contributed by atoms with Crippen LogP contribution in [-0.2, 0) is 11.8 Å². The van der Waals surface area contributed by atoms with Crippen molar-refractivity contribution in [1.82, 2.24) is 0 Å². The molecule has 2 aliphatic rings. The van der Waals surface area contributed by atoms with E-state index in [0.29, 0.717) is 0 Å². The van der Waals surface area contributed by atoms with Gasteiger partial charge in [-0.1, -0.05) is 159 Å². The molecule has 0 spiro atoms. The van der Waals surface area contributed by atoms with Gasteiger partial charge in [-0.3, -0.25) is 0 Å². The molecule has 2 aliphatic carbocycles. The molecule has 0 aliphatic heterocycles. The maximum absolute atomic E-state index is 6.85. The summed E-state index contributed by atoms with van der Waals surface area (Å²) in [6, 6.07) is 79.8. The highest BCUT2D eigenvalue weighted by Crippen LogP contribution is 2.55. The molecule has 3 nitrogen and oxygen atoms in total. The van der Waals surface area contributed by atoms with Crippen molar-refractivity contribution in [1.29, 1.82) is 0 Å². The van der Waals surface area contributed by atoms with Crippen LogP contribution >= 0.6 is 0 Å². The SMILES string of the molecule is CC1(C)c2ccccc2-c2ccc(N(c3ccccc3)c3cc(N(c4ccccc4)c4ccc(-c5ccccc5)cc4)cc4c3Cc3ccc5ccc6c7ccccc7oc6c5c3-4)cc21. The molecule has 1 heterocycles. The van der Waals surface area contributed by atoms with Gasteiger partial charge in [0.25, 0.3) is 0 Å². The second kappa shape index (κ2) is 14.5. The number of anilines is 6. The van der Waals surface area contributed by atoms with E-state index in [1.165, 1.54) is 66.4 Å². The zero-order valence-electron chi connectivity index (χ0n) is 36.3. The van der Waals surface area contributed by atoms with E-state index >= 15 is 0 Å². The molecule has 13 rings (SSSR count). The van der Waals surface area contributed by atoms with Gasteiger partial charge in [0.15, 0.2) is 0 Å². The maximum Gasteiger partial charge on any atom is 0.143 e. The van der Waals surface area contributed by atoms with Gasteiger partial charge < -0.3 is 14.2 Å². The number of fused-ring (bicyclic) bond motifs is 12. The highest BCUT2D eigenvalue weighted by Gasteiger charge is 2.37. The number of benzene rings is 10. The van der Waals surface area contributed by atoms with Crippen LogP contribution in [0, 0.1) is 0 Å². The summed E-state index contributed by atoms with van der Waals surface area (Å²) in [6.45, 7) is 4.74.